The number of sulfonamides is 1. The Labute approximate surface area is 78.8 Å². The molecule has 71 valence electrons. The maximum atomic E-state index is 11.0. The van der Waals surface area contributed by atoms with E-state index >= 15 is 0 Å². The zero-order valence-electron chi connectivity index (χ0n) is 7.23. The SMILES string of the molecule is [CH2]NS(=O)(=O)CCc1ccccc1. The molecule has 13 heavy (non-hydrogen) atoms. The monoisotopic (exact) mass is 198 g/mol. The minimum Gasteiger partial charge on any atom is -0.214 e. The molecule has 0 amide bonds. The van der Waals surface area contributed by atoms with Gasteiger partial charge >= 0.3 is 0 Å². The zero-order chi connectivity index (χ0) is 9.73. The Morgan fingerprint density at radius 2 is 1.85 bits per heavy atom. The highest BCUT2D eigenvalue weighted by Crippen LogP contribution is 2.00. The second kappa shape index (κ2) is 4.39. The fourth-order valence-corrected chi connectivity index (χ4v) is 1.62. The van der Waals surface area contributed by atoms with Gasteiger partial charge in [-0.2, -0.15) is 0 Å². The Morgan fingerprint density at radius 1 is 1.23 bits per heavy atom. The molecule has 0 spiro atoms. The summed E-state index contributed by atoms with van der Waals surface area (Å²) < 4.78 is 24.0. The summed E-state index contributed by atoms with van der Waals surface area (Å²) in [5.74, 6) is 0.0838. The predicted octanol–water partition coefficient (Wildman–Crippen LogP) is 0.940. The molecular weight excluding hydrogens is 186 g/mol. The van der Waals surface area contributed by atoms with Gasteiger partial charge in [0.15, 0.2) is 0 Å². The number of hydrogen-bond acceptors (Lipinski definition) is 2. The van der Waals surface area contributed by atoms with Gasteiger partial charge in [0.2, 0.25) is 10.0 Å². The normalized spacial score (nSPS) is 11.5. The second-order valence-electron chi connectivity index (χ2n) is 2.70. The van der Waals surface area contributed by atoms with E-state index in [-0.39, 0.29) is 5.75 Å². The van der Waals surface area contributed by atoms with Crippen LogP contribution in [0.5, 0.6) is 0 Å². The molecule has 0 aliphatic heterocycles. The Bertz CT molecular complexity index is 345. The van der Waals surface area contributed by atoms with Gasteiger partial charge in [-0.25, -0.2) is 13.1 Å². The van der Waals surface area contributed by atoms with Crippen molar-refractivity contribution in [2.45, 2.75) is 6.42 Å². The molecule has 1 aromatic carbocycles. The molecular formula is C9H12NO2S. The standard InChI is InChI=1S/C9H12NO2S/c1-10-13(11,12)8-7-9-5-3-2-4-6-9/h2-6,10H,1,7-8H2. The van der Waals surface area contributed by atoms with Gasteiger partial charge < -0.3 is 0 Å². The van der Waals surface area contributed by atoms with Crippen molar-refractivity contribution in [1.29, 1.82) is 0 Å². The summed E-state index contributed by atoms with van der Waals surface area (Å²) >= 11 is 0. The second-order valence-corrected chi connectivity index (χ2v) is 4.63. The Balaban J connectivity index is 2.54. The number of nitrogens with one attached hydrogen (secondary N) is 1. The van der Waals surface area contributed by atoms with Gasteiger partial charge in [0.05, 0.1) is 5.75 Å². The summed E-state index contributed by atoms with van der Waals surface area (Å²) in [6.07, 6.45) is 0.520. The van der Waals surface area contributed by atoms with Crippen molar-refractivity contribution in [2.75, 3.05) is 5.75 Å². The average Bonchev–Trinajstić information content (AvgIpc) is 2.17. The fourth-order valence-electron chi connectivity index (χ4n) is 0.969. The molecule has 1 aromatic rings. The molecule has 0 unspecified atom stereocenters. The maximum absolute atomic E-state index is 11.0. The quantitative estimate of drug-likeness (QED) is 0.782. The van der Waals surface area contributed by atoms with Gasteiger partial charge in [0.25, 0.3) is 0 Å². The van der Waals surface area contributed by atoms with Crippen molar-refractivity contribution < 1.29 is 8.42 Å². The summed E-state index contributed by atoms with van der Waals surface area (Å²) in [5.41, 5.74) is 1.02. The first kappa shape index (κ1) is 10.2. The molecule has 0 heterocycles. The molecule has 1 rings (SSSR count). The van der Waals surface area contributed by atoms with Crippen molar-refractivity contribution in [3.05, 3.63) is 42.9 Å². The van der Waals surface area contributed by atoms with E-state index < -0.39 is 10.0 Å². The van der Waals surface area contributed by atoms with Crippen LogP contribution in [0.1, 0.15) is 5.56 Å². The van der Waals surface area contributed by atoms with Crippen LogP contribution < -0.4 is 4.72 Å². The first-order valence-corrected chi connectivity index (χ1v) is 5.60. The van der Waals surface area contributed by atoms with Gasteiger partial charge in [-0.3, -0.25) is 0 Å². The van der Waals surface area contributed by atoms with Gasteiger partial charge in [0, 0.05) is 7.05 Å². The molecule has 0 atom stereocenters. The number of aryl methyl sites for hydroxylation is 1. The molecule has 1 N–H and O–H groups in total. The molecule has 0 saturated heterocycles. The highest BCUT2D eigenvalue weighted by molar-refractivity contribution is 7.89. The maximum Gasteiger partial charge on any atom is 0.211 e. The van der Waals surface area contributed by atoms with E-state index in [1.165, 1.54) is 0 Å². The largest absolute Gasteiger partial charge is 0.214 e. The number of hydrogen-bond donors (Lipinski definition) is 1. The molecule has 0 fully saturated rings. The van der Waals surface area contributed by atoms with Crippen LogP contribution in [0, 0.1) is 7.05 Å². The molecule has 0 saturated carbocycles. The van der Waals surface area contributed by atoms with Crippen molar-refractivity contribution in [1.82, 2.24) is 4.72 Å². The minimum absolute atomic E-state index is 0.0838. The van der Waals surface area contributed by atoms with Gasteiger partial charge in [-0.05, 0) is 12.0 Å². The van der Waals surface area contributed by atoms with Gasteiger partial charge in [-0.1, -0.05) is 30.3 Å². The molecule has 0 aliphatic carbocycles. The van der Waals surface area contributed by atoms with Crippen LogP contribution in [0.3, 0.4) is 0 Å². The third-order valence-electron chi connectivity index (χ3n) is 1.72. The highest BCUT2D eigenvalue weighted by Gasteiger charge is 2.06. The fraction of sp³-hybridized carbons (Fsp3) is 0.222. The summed E-state index contributed by atoms with van der Waals surface area (Å²) in [6, 6.07) is 9.48. The Morgan fingerprint density at radius 3 is 2.38 bits per heavy atom. The van der Waals surface area contributed by atoms with Crippen molar-refractivity contribution in [3.63, 3.8) is 0 Å². The van der Waals surface area contributed by atoms with E-state index in [0.29, 0.717) is 6.42 Å². The third kappa shape index (κ3) is 3.57. The summed E-state index contributed by atoms with van der Waals surface area (Å²) in [6.45, 7) is 0. The molecule has 0 aromatic heterocycles. The highest BCUT2D eigenvalue weighted by atomic mass is 32.2. The van der Waals surface area contributed by atoms with Crippen molar-refractivity contribution in [2.24, 2.45) is 0 Å². The van der Waals surface area contributed by atoms with Crippen LogP contribution in [0.2, 0.25) is 0 Å². The summed E-state index contributed by atoms with van der Waals surface area (Å²) in [4.78, 5) is 0. The van der Waals surface area contributed by atoms with Gasteiger partial charge in [-0.15, -0.1) is 0 Å². The molecule has 0 aliphatic rings. The topological polar surface area (TPSA) is 46.2 Å². The predicted molar refractivity (Wildman–Crippen MR) is 52.4 cm³/mol. The number of rotatable bonds is 4. The third-order valence-corrected chi connectivity index (χ3v) is 2.90. The van der Waals surface area contributed by atoms with Crippen LogP contribution in [-0.2, 0) is 16.4 Å². The zero-order valence-corrected chi connectivity index (χ0v) is 8.05. The lowest BCUT2D eigenvalue weighted by Crippen LogP contribution is -2.21. The van der Waals surface area contributed by atoms with Crippen LogP contribution in [-0.4, -0.2) is 14.2 Å². The van der Waals surface area contributed by atoms with Crippen LogP contribution in [0.4, 0.5) is 0 Å². The summed E-state index contributed by atoms with van der Waals surface area (Å²) in [5, 5.41) is 0. The van der Waals surface area contributed by atoms with Crippen molar-refractivity contribution >= 4 is 10.0 Å². The first-order chi connectivity index (χ1) is 6.14. The lowest BCUT2D eigenvalue weighted by atomic mass is 10.2. The van der Waals surface area contributed by atoms with E-state index in [1.807, 2.05) is 35.1 Å². The average molecular weight is 198 g/mol. The van der Waals surface area contributed by atoms with Gasteiger partial charge in [0.1, 0.15) is 0 Å². The van der Waals surface area contributed by atoms with E-state index in [4.69, 9.17) is 0 Å². The van der Waals surface area contributed by atoms with Crippen molar-refractivity contribution in [3.8, 4) is 0 Å². The first-order valence-electron chi connectivity index (χ1n) is 3.94. The Kier molecular flexibility index (Phi) is 3.45. The van der Waals surface area contributed by atoms with Crippen LogP contribution in [0.15, 0.2) is 30.3 Å². The molecule has 1 radical (unpaired) electrons. The van der Waals surface area contributed by atoms with E-state index in [2.05, 4.69) is 7.05 Å². The number of benzene rings is 1. The lowest BCUT2D eigenvalue weighted by Gasteiger charge is -2.01. The summed E-state index contributed by atoms with van der Waals surface area (Å²) in [7, 11) is -0.0471. The smallest absolute Gasteiger partial charge is 0.211 e. The van der Waals surface area contributed by atoms with E-state index in [1.54, 1.807) is 0 Å². The van der Waals surface area contributed by atoms with E-state index in [9.17, 15) is 8.42 Å². The molecule has 4 heteroatoms. The van der Waals surface area contributed by atoms with E-state index in [0.717, 1.165) is 5.56 Å². The minimum atomic E-state index is -3.18. The van der Waals surface area contributed by atoms with Crippen LogP contribution in [0.25, 0.3) is 0 Å². The molecule has 0 bridgehead atoms. The Hall–Kier alpha value is -0.870. The molecule has 3 nitrogen and oxygen atoms in total. The lowest BCUT2D eigenvalue weighted by molar-refractivity contribution is 0.589. The van der Waals surface area contributed by atoms with Crippen LogP contribution >= 0.6 is 0 Å².